The third-order valence-corrected chi connectivity index (χ3v) is 6.60. The molecule has 0 aliphatic carbocycles. The van der Waals surface area contributed by atoms with Gasteiger partial charge in [0.15, 0.2) is 5.82 Å². The van der Waals surface area contributed by atoms with E-state index in [4.69, 9.17) is 19.4 Å². The Balaban J connectivity index is 1.70. The van der Waals surface area contributed by atoms with Crippen LogP contribution in [0.2, 0.25) is 0 Å². The van der Waals surface area contributed by atoms with Crippen molar-refractivity contribution in [1.82, 2.24) is 14.9 Å². The van der Waals surface area contributed by atoms with Crippen LogP contribution in [0.5, 0.6) is 17.4 Å². The maximum absolute atomic E-state index is 12.7. The first-order valence-corrected chi connectivity index (χ1v) is 12.3. The molecule has 1 aromatic heterocycles. The van der Waals surface area contributed by atoms with E-state index in [0.717, 1.165) is 33.2 Å². The van der Waals surface area contributed by atoms with Gasteiger partial charge in [0.1, 0.15) is 16.5 Å². The third-order valence-electron chi connectivity index (χ3n) is 5.59. The molecule has 2 heterocycles. The van der Waals surface area contributed by atoms with Crippen LogP contribution in [-0.2, 0) is 11.2 Å². The molecule has 0 N–H and O–H groups in total. The minimum Gasteiger partial charge on any atom is -0.494 e. The molecular weight excluding hydrogens is 434 g/mol. The van der Waals surface area contributed by atoms with Crippen LogP contribution >= 0.6 is 11.8 Å². The third kappa shape index (κ3) is 5.14. The molecule has 3 aromatic rings. The predicted molar refractivity (Wildman–Crippen MR) is 131 cm³/mol. The molecule has 0 saturated carbocycles. The van der Waals surface area contributed by atoms with Crippen molar-refractivity contribution in [3.8, 4) is 28.8 Å². The van der Waals surface area contributed by atoms with Gasteiger partial charge in [-0.25, -0.2) is 4.98 Å². The van der Waals surface area contributed by atoms with Gasteiger partial charge in [0.2, 0.25) is 11.8 Å². The lowest BCUT2D eigenvalue weighted by Crippen LogP contribution is -2.31. The van der Waals surface area contributed by atoms with Crippen LogP contribution in [0.4, 0.5) is 0 Å². The second-order valence-corrected chi connectivity index (χ2v) is 8.80. The number of thioether (sulfide) groups is 1. The van der Waals surface area contributed by atoms with Crippen LogP contribution in [0.15, 0.2) is 47.5 Å². The summed E-state index contributed by atoms with van der Waals surface area (Å²) in [4.78, 5) is 24.1. The van der Waals surface area contributed by atoms with E-state index in [2.05, 4.69) is 13.0 Å². The van der Waals surface area contributed by atoms with Crippen LogP contribution in [0, 0.1) is 6.92 Å². The number of nitrogens with zero attached hydrogens (tertiary/aromatic N) is 3. The van der Waals surface area contributed by atoms with E-state index in [1.165, 1.54) is 17.3 Å². The zero-order valence-electron chi connectivity index (χ0n) is 19.6. The van der Waals surface area contributed by atoms with Crippen molar-refractivity contribution in [1.29, 1.82) is 0 Å². The van der Waals surface area contributed by atoms with Crippen molar-refractivity contribution >= 4 is 17.7 Å². The summed E-state index contributed by atoms with van der Waals surface area (Å²) >= 11 is 1.45. The SMILES string of the molecule is CCOc1ccc(-c2nc3c(c(SCC(=O)N(CC)CC)n2)Cc2cc(C)ccc2O3)cc1. The number of rotatable bonds is 8. The van der Waals surface area contributed by atoms with Crippen molar-refractivity contribution in [2.75, 3.05) is 25.4 Å². The number of amides is 1. The predicted octanol–water partition coefficient (Wildman–Crippen LogP) is 5.51. The van der Waals surface area contributed by atoms with Gasteiger partial charge in [-0.05, 0) is 63.6 Å². The summed E-state index contributed by atoms with van der Waals surface area (Å²) in [5, 5.41) is 0.788. The smallest absolute Gasteiger partial charge is 0.232 e. The Morgan fingerprint density at radius 1 is 1.09 bits per heavy atom. The lowest BCUT2D eigenvalue weighted by atomic mass is 10.0. The summed E-state index contributed by atoms with van der Waals surface area (Å²) in [6, 6.07) is 13.9. The minimum atomic E-state index is 0.105. The van der Waals surface area contributed by atoms with Crippen molar-refractivity contribution in [3.05, 3.63) is 59.2 Å². The van der Waals surface area contributed by atoms with Crippen molar-refractivity contribution in [3.63, 3.8) is 0 Å². The van der Waals surface area contributed by atoms with Crippen LogP contribution in [-0.4, -0.2) is 46.2 Å². The van der Waals surface area contributed by atoms with Gasteiger partial charge < -0.3 is 14.4 Å². The van der Waals surface area contributed by atoms with Crippen molar-refractivity contribution in [2.24, 2.45) is 0 Å². The highest BCUT2D eigenvalue weighted by atomic mass is 32.2. The van der Waals surface area contributed by atoms with Crippen molar-refractivity contribution in [2.45, 2.75) is 39.1 Å². The van der Waals surface area contributed by atoms with Gasteiger partial charge in [-0.3, -0.25) is 4.79 Å². The van der Waals surface area contributed by atoms with Crippen LogP contribution in [0.1, 0.15) is 37.5 Å². The first-order chi connectivity index (χ1) is 16.0. The molecule has 6 nitrogen and oxygen atoms in total. The largest absolute Gasteiger partial charge is 0.494 e. The fourth-order valence-corrected chi connectivity index (χ4v) is 4.76. The molecule has 0 radical (unpaired) electrons. The van der Waals surface area contributed by atoms with E-state index in [1.54, 1.807) is 0 Å². The number of aromatic nitrogens is 2. The Kier molecular flexibility index (Phi) is 7.18. The van der Waals surface area contributed by atoms with Gasteiger partial charge in [-0.15, -0.1) is 0 Å². The van der Waals surface area contributed by atoms with E-state index < -0.39 is 0 Å². The van der Waals surface area contributed by atoms with Crippen LogP contribution in [0.3, 0.4) is 0 Å². The average Bonchev–Trinajstić information content (AvgIpc) is 2.82. The Morgan fingerprint density at radius 2 is 1.85 bits per heavy atom. The average molecular weight is 464 g/mol. The molecule has 1 aliphatic rings. The number of ether oxygens (including phenoxy) is 2. The number of carbonyl (C=O) groups excluding carboxylic acids is 1. The molecule has 33 heavy (non-hydrogen) atoms. The molecule has 172 valence electrons. The fraction of sp³-hybridized carbons (Fsp3) is 0.346. The number of hydrogen-bond acceptors (Lipinski definition) is 6. The topological polar surface area (TPSA) is 64.5 Å². The number of fused-ring (bicyclic) bond motifs is 2. The van der Waals surface area contributed by atoms with Gasteiger partial charge in [-0.2, -0.15) is 4.98 Å². The molecule has 1 aliphatic heterocycles. The lowest BCUT2D eigenvalue weighted by molar-refractivity contribution is -0.127. The number of aryl methyl sites for hydroxylation is 1. The summed E-state index contributed by atoms with van der Waals surface area (Å²) in [5.74, 6) is 3.19. The van der Waals surface area contributed by atoms with Gasteiger partial charge in [0.25, 0.3) is 0 Å². The molecule has 4 rings (SSSR count). The van der Waals surface area contributed by atoms with Gasteiger partial charge in [-0.1, -0.05) is 29.5 Å². The van der Waals surface area contributed by atoms with E-state index in [9.17, 15) is 4.79 Å². The molecule has 0 unspecified atom stereocenters. The molecule has 0 bridgehead atoms. The molecule has 0 spiro atoms. The molecular formula is C26H29N3O3S. The normalized spacial score (nSPS) is 11.9. The molecule has 0 saturated heterocycles. The van der Waals surface area contributed by atoms with E-state index in [0.29, 0.717) is 43.6 Å². The maximum Gasteiger partial charge on any atom is 0.232 e. The number of hydrogen-bond donors (Lipinski definition) is 0. The maximum atomic E-state index is 12.7. The van der Waals surface area contributed by atoms with Gasteiger partial charge in [0, 0.05) is 25.1 Å². The van der Waals surface area contributed by atoms with E-state index in [-0.39, 0.29) is 5.91 Å². The Morgan fingerprint density at radius 3 is 2.55 bits per heavy atom. The molecule has 1 amide bonds. The number of benzene rings is 2. The molecule has 0 atom stereocenters. The summed E-state index contributed by atoms with van der Waals surface area (Å²) in [6.07, 6.45) is 0.678. The monoisotopic (exact) mass is 463 g/mol. The van der Waals surface area contributed by atoms with E-state index in [1.807, 2.05) is 62.1 Å². The van der Waals surface area contributed by atoms with Gasteiger partial charge in [0.05, 0.1) is 17.9 Å². The molecule has 7 heteroatoms. The minimum absolute atomic E-state index is 0.105. The quantitative estimate of drug-likeness (QED) is 0.254. The summed E-state index contributed by atoms with van der Waals surface area (Å²) in [5.41, 5.74) is 4.09. The highest BCUT2D eigenvalue weighted by molar-refractivity contribution is 7.99. The highest BCUT2D eigenvalue weighted by Crippen LogP contribution is 2.40. The highest BCUT2D eigenvalue weighted by Gasteiger charge is 2.25. The fourth-order valence-electron chi connectivity index (χ4n) is 3.83. The summed E-state index contributed by atoms with van der Waals surface area (Å²) in [6.45, 7) is 10.0. The van der Waals surface area contributed by atoms with Crippen molar-refractivity contribution < 1.29 is 14.3 Å². The second kappa shape index (κ2) is 10.3. The van der Waals surface area contributed by atoms with Crippen LogP contribution in [0.25, 0.3) is 11.4 Å². The van der Waals surface area contributed by atoms with Crippen LogP contribution < -0.4 is 9.47 Å². The zero-order valence-corrected chi connectivity index (χ0v) is 20.4. The Hall–Kier alpha value is -3.06. The first kappa shape index (κ1) is 23.1. The number of carbonyl (C=O) groups is 1. The lowest BCUT2D eigenvalue weighted by Gasteiger charge is -2.23. The second-order valence-electron chi connectivity index (χ2n) is 7.84. The summed E-state index contributed by atoms with van der Waals surface area (Å²) < 4.78 is 11.8. The zero-order chi connectivity index (χ0) is 23.4. The first-order valence-electron chi connectivity index (χ1n) is 11.3. The summed E-state index contributed by atoms with van der Waals surface area (Å²) in [7, 11) is 0. The Labute approximate surface area is 199 Å². The molecule has 2 aromatic carbocycles. The Bertz CT molecular complexity index is 1140. The van der Waals surface area contributed by atoms with Gasteiger partial charge >= 0.3 is 0 Å². The van der Waals surface area contributed by atoms with E-state index >= 15 is 0 Å². The standard InChI is InChI=1S/C26H29N3O3S/c1-5-29(6-2)23(30)16-33-26-21-15-19-14-17(4)8-13-22(19)32-25(21)27-24(28-26)18-9-11-20(12-10-18)31-7-3/h8-14H,5-7,15-16H2,1-4H3. The molecule has 0 fully saturated rings.